The molecule has 1 aliphatic rings. The number of aryl methyl sites for hydroxylation is 2. The zero-order valence-corrected chi connectivity index (χ0v) is 16.4. The topological polar surface area (TPSA) is 57.8 Å². The quantitative estimate of drug-likeness (QED) is 0.693. The van der Waals surface area contributed by atoms with Gasteiger partial charge in [0.05, 0.1) is 11.4 Å². The standard InChI is InChI=1S/C21H25N3OS/c1-4-14-6-5-7-15(11-14)22-13(3)19-23-20(25)18-16-9-8-12(2)10-17(16)26-21(18)24-19/h5-7,11-13,22H,4,8-10H2,1-3H3,(H,23,24,25)/t12-,13-/m1/s1. The second-order valence-electron chi connectivity index (χ2n) is 7.40. The summed E-state index contributed by atoms with van der Waals surface area (Å²) in [6.07, 6.45) is 4.23. The summed E-state index contributed by atoms with van der Waals surface area (Å²) in [7, 11) is 0. The minimum absolute atomic E-state index is 0.00742. The van der Waals surface area contributed by atoms with Gasteiger partial charge in [0.25, 0.3) is 5.56 Å². The Bertz CT molecular complexity index is 1000. The van der Waals surface area contributed by atoms with Gasteiger partial charge in [-0.25, -0.2) is 4.98 Å². The summed E-state index contributed by atoms with van der Waals surface area (Å²) in [5.41, 5.74) is 3.59. The third-order valence-electron chi connectivity index (χ3n) is 5.31. The first-order valence-electron chi connectivity index (χ1n) is 9.45. The van der Waals surface area contributed by atoms with E-state index < -0.39 is 0 Å². The van der Waals surface area contributed by atoms with Crippen molar-refractivity contribution in [3.63, 3.8) is 0 Å². The Kier molecular flexibility index (Phi) is 4.57. The third kappa shape index (κ3) is 3.16. The van der Waals surface area contributed by atoms with Crippen LogP contribution >= 0.6 is 11.3 Å². The highest BCUT2D eigenvalue weighted by atomic mass is 32.1. The van der Waals surface area contributed by atoms with Crippen LogP contribution in [0.25, 0.3) is 10.2 Å². The number of aromatic amines is 1. The minimum atomic E-state index is -0.0581. The summed E-state index contributed by atoms with van der Waals surface area (Å²) >= 11 is 1.70. The Labute approximate surface area is 157 Å². The van der Waals surface area contributed by atoms with Gasteiger partial charge in [0, 0.05) is 10.6 Å². The number of hydrogen-bond donors (Lipinski definition) is 2. The van der Waals surface area contributed by atoms with Gasteiger partial charge in [0.1, 0.15) is 10.7 Å². The fraction of sp³-hybridized carbons (Fsp3) is 0.429. The van der Waals surface area contributed by atoms with Gasteiger partial charge in [-0.2, -0.15) is 0 Å². The van der Waals surface area contributed by atoms with Crippen molar-refractivity contribution in [2.75, 3.05) is 5.32 Å². The van der Waals surface area contributed by atoms with E-state index in [1.807, 2.05) is 6.92 Å². The zero-order chi connectivity index (χ0) is 18.3. The predicted molar refractivity (Wildman–Crippen MR) is 109 cm³/mol. The summed E-state index contributed by atoms with van der Waals surface area (Å²) in [6.45, 7) is 6.47. The summed E-state index contributed by atoms with van der Waals surface area (Å²) in [6, 6.07) is 8.33. The first-order valence-corrected chi connectivity index (χ1v) is 10.3. The summed E-state index contributed by atoms with van der Waals surface area (Å²) < 4.78 is 0. The molecule has 1 aromatic carbocycles. The van der Waals surface area contributed by atoms with Gasteiger partial charge in [-0.1, -0.05) is 26.0 Å². The van der Waals surface area contributed by atoms with Crippen LogP contribution in [-0.2, 0) is 19.3 Å². The van der Waals surface area contributed by atoms with Crippen molar-refractivity contribution < 1.29 is 0 Å². The molecule has 2 N–H and O–H groups in total. The highest BCUT2D eigenvalue weighted by Gasteiger charge is 2.23. The van der Waals surface area contributed by atoms with Crippen molar-refractivity contribution in [1.29, 1.82) is 0 Å². The maximum Gasteiger partial charge on any atom is 0.259 e. The molecule has 26 heavy (non-hydrogen) atoms. The molecule has 0 radical (unpaired) electrons. The molecule has 2 aromatic heterocycles. The first-order chi connectivity index (χ1) is 12.5. The molecule has 0 bridgehead atoms. The number of fused-ring (bicyclic) bond motifs is 3. The van der Waals surface area contributed by atoms with Crippen LogP contribution in [0.3, 0.4) is 0 Å². The molecule has 0 fully saturated rings. The maximum absolute atomic E-state index is 12.8. The Balaban J connectivity index is 1.67. The predicted octanol–water partition coefficient (Wildman–Crippen LogP) is 4.84. The van der Waals surface area contributed by atoms with E-state index in [0.29, 0.717) is 11.7 Å². The molecule has 1 aliphatic carbocycles. The molecule has 3 aromatic rings. The van der Waals surface area contributed by atoms with Gasteiger partial charge >= 0.3 is 0 Å². The van der Waals surface area contributed by atoms with Crippen molar-refractivity contribution in [3.05, 3.63) is 56.4 Å². The van der Waals surface area contributed by atoms with E-state index in [4.69, 9.17) is 4.98 Å². The Hall–Kier alpha value is -2.14. The van der Waals surface area contributed by atoms with Crippen molar-refractivity contribution in [2.45, 2.75) is 52.5 Å². The Morgan fingerprint density at radius 1 is 1.42 bits per heavy atom. The monoisotopic (exact) mass is 367 g/mol. The normalized spacial score (nSPS) is 17.9. The molecule has 0 saturated carbocycles. The van der Waals surface area contributed by atoms with Crippen LogP contribution in [0.5, 0.6) is 0 Å². The van der Waals surface area contributed by atoms with Gasteiger partial charge in [0.15, 0.2) is 0 Å². The number of thiophene rings is 1. The van der Waals surface area contributed by atoms with Crippen LogP contribution in [0.4, 0.5) is 5.69 Å². The average molecular weight is 368 g/mol. The highest BCUT2D eigenvalue weighted by molar-refractivity contribution is 7.18. The van der Waals surface area contributed by atoms with Gasteiger partial charge in [-0.3, -0.25) is 4.79 Å². The van der Waals surface area contributed by atoms with Gasteiger partial charge in [0.2, 0.25) is 0 Å². The lowest BCUT2D eigenvalue weighted by molar-refractivity contribution is 0.509. The van der Waals surface area contributed by atoms with E-state index in [1.54, 1.807) is 11.3 Å². The van der Waals surface area contributed by atoms with Crippen LogP contribution in [0, 0.1) is 5.92 Å². The maximum atomic E-state index is 12.8. The van der Waals surface area contributed by atoms with Crippen molar-refractivity contribution in [1.82, 2.24) is 9.97 Å². The number of rotatable bonds is 4. The van der Waals surface area contributed by atoms with Gasteiger partial charge in [-0.05, 0) is 61.8 Å². The van der Waals surface area contributed by atoms with Crippen LogP contribution in [0.15, 0.2) is 29.1 Å². The smallest absolute Gasteiger partial charge is 0.259 e. The average Bonchev–Trinajstić information content (AvgIpc) is 2.99. The third-order valence-corrected chi connectivity index (χ3v) is 6.46. The zero-order valence-electron chi connectivity index (χ0n) is 15.6. The summed E-state index contributed by atoms with van der Waals surface area (Å²) in [5.74, 6) is 1.40. The first kappa shape index (κ1) is 17.3. The molecule has 0 unspecified atom stereocenters. The second-order valence-corrected chi connectivity index (χ2v) is 8.49. The Morgan fingerprint density at radius 3 is 3.08 bits per heavy atom. The number of anilines is 1. The van der Waals surface area contributed by atoms with Gasteiger partial charge < -0.3 is 10.3 Å². The molecule has 0 aliphatic heterocycles. The van der Waals surface area contributed by atoms with E-state index in [9.17, 15) is 4.79 Å². The van der Waals surface area contributed by atoms with E-state index in [-0.39, 0.29) is 11.6 Å². The van der Waals surface area contributed by atoms with Gasteiger partial charge in [-0.15, -0.1) is 11.3 Å². The van der Waals surface area contributed by atoms with Crippen LogP contribution < -0.4 is 10.9 Å². The van der Waals surface area contributed by atoms with Crippen LogP contribution in [-0.4, -0.2) is 9.97 Å². The lowest BCUT2D eigenvalue weighted by atomic mass is 9.89. The SMILES string of the molecule is CCc1cccc(N[C@H](C)c2nc3sc4c(c3c(=O)[nH]2)CC[C@@H](C)C4)c1. The van der Waals surface area contributed by atoms with E-state index in [2.05, 4.69) is 48.4 Å². The summed E-state index contributed by atoms with van der Waals surface area (Å²) in [4.78, 5) is 22.8. The lowest BCUT2D eigenvalue weighted by Gasteiger charge is -2.17. The van der Waals surface area contributed by atoms with E-state index >= 15 is 0 Å². The fourth-order valence-electron chi connectivity index (χ4n) is 3.77. The van der Waals surface area contributed by atoms with Crippen LogP contribution in [0.2, 0.25) is 0 Å². The molecule has 2 heterocycles. The summed E-state index contributed by atoms with van der Waals surface area (Å²) in [5, 5.41) is 4.29. The molecule has 0 saturated heterocycles. The molecule has 4 rings (SSSR count). The largest absolute Gasteiger partial charge is 0.375 e. The minimum Gasteiger partial charge on any atom is -0.375 e. The molecule has 5 heteroatoms. The lowest BCUT2D eigenvalue weighted by Crippen LogP contribution is -2.18. The number of nitrogens with zero attached hydrogens (tertiary/aromatic N) is 1. The number of H-pyrrole nitrogens is 1. The van der Waals surface area contributed by atoms with E-state index in [0.717, 1.165) is 41.6 Å². The molecular formula is C21H25N3OS. The number of benzene rings is 1. The fourth-order valence-corrected chi connectivity index (χ4v) is 5.16. The molecule has 0 spiro atoms. The van der Waals surface area contributed by atoms with E-state index in [1.165, 1.54) is 16.0 Å². The second kappa shape index (κ2) is 6.88. The number of nitrogens with one attached hydrogen (secondary N) is 2. The molecule has 4 nitrogen and oxygen atoms in total. The highest BCUT2D eigenvalue weighted by Crippen LogP contribution is 2.36. The molecule has 2 atom stereocenters. The molecule has 136 valence electrons. The number of hydrogen-bond acceptors (Lipinski definition) is 4. The molecular weight excluding hydrogens is 342 g/mol. The van der Waals surface area contributed by atoms with Crippen molar-refractivity contribution in [2.24, 2.45) is 5.92 Å². The van der Waals surface area contributed by atoms with Crippen molar-refractivity contribution >= 4 is 27.2 Å². The van der Waals surface area contributed by atoms with Crippen LogP contribution in [0.1, 0.15) is 55.1 Å². The molecule has 0 amide bonds. The number of aromatic nitrogens is 2. The van der Waals surface area contributed by atoms with Crippen molar-refractivity contribution in [3.8, 4) is 0 Å². The Morgan fingerprint density at radius 2 is 2.27 bits per heavy atom.